The molecule has 0 saturated carbocycles. The Hall–Kier alpha value is -1.41. The zero-order valence-corrected chi connectivity index (χ0v) is 11.0. The number of rotatable bonds is 4. The van der Waals surface area contributed by atoms with Gasteiger partial charge in [0.2, 0.25) is 0 Å². The van der Waals surface area contributed by atoms with Crippen LogP contribution in [-0.4, -0.2) is 30.3 Å². The molecule has 0 spiro atoms. The summed E-state index contributed by atoms with van der Waals surface area (Å²) in [5.41, 5.74) is 1.25. The van der Waals surface area contributed by atoms with Gasteiger partial charge in [-0.1, -0.05) is 42.5 Å². The summed E-state index contributed by atoms with van der Waals surface area (Å²) in [7, 11) is 0. The van der Waals surface area contributed by atoms with Crippen LogP contribution in [0.15, 0.2) is 36.4 Å². The zero-order valence-electron chi connectivity index (χ0n) is 11.0. The maximum atomic E-state index is 11.3. The van der Waals surface area contributed by atoms with Crippen LogP contribution in [0.2, 0.25) is 0 Å². The third-order valence-electron chi connectivity index (χ3n) is 3.64. The molecule has 1 aliphatic heterocycles. The van der Waals surface area contributed by atoms with Gasteiger partial charge in [-0.2, -0.15) is 0 Å². The van der Waals surface area contributed by atoms with E-state index in [1.807, 2.05) is 6.07 Å². The highest BCUT2D eigenvalue weighted by atomic mass is 16.1. The van der Waals surface area contributed by atoms with Gasteiger partial charge in [0.15, 0.2) is 0 Å². The van der Waals surface area contributed by atoms with Crippen molar-refractivity contribution in [1.82, 2.24) is 4.90 Å². The number of ketones is 1. The topological polar surface area (TPSA) is 20.3 Å². The molecule has 0 unspecified atom stereocenters. The summed E-state index contributed by atoms with van der Waals surface area (Å²) in [4.78, 5) is 13.7. The van der Waals surface area contributed by atoms with Crippen LogP contribution >= 0.6 is 0 Å². The summed E-state index contributed by atoms with van der Waals surface area (Å²) in [5.74, 6) is 0.661. The Morgan fingerprint density at radius 2 is 1.94 bits per heavy atom. The monoisotopic (exact) mass is 243 g/mol. The van der Waals surface area contributed by atoms with Gasteiger partial charge in [-0.05, 0) is 38.4 Å². The Kier molecular flexibility index (Phi) is 4.71. The summed E-state index contributed by atoms with van der Waals surface area (Å²) >= 11 is 0. The average Bonchev–Trinajstić information content (AvgIpc) is 2.40. The lowest BCUT2D eigenvalue weighted by molar-refractivity contribution is -0.122. The Bertz CT molecular complexity index is 402. The predicted molar refractivity (Wildman–Crippen MR) is 75.3 cm³/mol. The molecular weight excluding hydrogens is 222 g/mol. The lowest BCUT2D eigenvalue weighted by atomic mass is 9.93. The Balaban J connectivity index is 1.76. The molecule has 1 aliphatic rings. The van der Waals surface area contributed by atoms with E-state index in [9.17, 15) is 4.79 Å². The number of carbonyl (C=O) groups is 1. The molecule has 0 N–H and O–H groups in total. The minimum atomic E-state index is 0.305. The molecule has 1 fully saturated rings. The first kappa shape index (κ1) is 13.0. The number of hydrogen-bond donors (Lipinski definition) is 0. The third-order valence-corrected chi connectivity index (χ3v) is 3.64. The highest BCUT2D eigenvalue weighted by molar-refractivity contribution is 5.78. The van der Waals surface area contributed by atoms with Crippen molar-refractivity contribution in [3.63, 3.8) is 0 Å². The number of Topliss-reactive ketones (excluding diaryl/α,β-unsaturated/α-hetero) is 1. The molecule has 1 heterocycles. The Labute approximate surface area is 109 Å². The van der Waals surface area contributed by atoms with Crippen molar-refractivity contribution in [2.24, 2.45) is 5.92 Å². The van der Waals surface area contributed by atoms with Crippen LogP contribution in [0.25, 0.3) is 6.08 Å². The van der Waals surface area contributed by atoms with Gasteiger partial charge in [-0.15, -0.1) is 0 Å². The van der Waals surface area contributed by atoms with Crippen molar-refractivity contribution in [2.75, 3.05) is 19.6 Å². The van der Waals surface area contributed by atoms with Gasteiger partial charge >= 0.3 is 0 Å². The van der Waals surface area contributed by atoms with Gasteiger partial charge in [-0.25, -0.2) is 0 Å². The van der Waals surface area contributed by atoms with E-state index < -0.39 is 0 Å². The molecular formula is C16H21NO. The smallest absolute Gasteiger partial charge is 0.133 e. The van der Waals surface area contributed by atoms with Crippen molar-refractivity contribution in [3.05, 3.63) is 42.0 Å². The molecule has 2 rings (SSSR count). The van der Waals surface area contributed by atoms with Crippen molar-refractivity contribution >= 4 is 11.9 Å². The second-order valence-electron chi connectivity index (χ2n) is 5.00. The Morgan fingerprint density at radius 1 is 1.28 bits per heavy atom. The van der Waals surface area contributed by atoms with Crippen molar-refractivity contribution < 1.29 is 4.79 Å². The minimum absolute atomic E-state index is 0.305. The lowest BCUT2D eigenvalue weighted by Crippen LogP contribution is -2.35. The zero-order chi connectivity index (χ0) is 12.8. The molecule has 0 radical (unpaired) electrons. The second-order valence-corrected chi connectivity index (χ2v) is 5.00. The van der Waals surface area contributed by atoms with Crippen molar-refractivity contribution in [3.8, 4) is 0 Å². The van der Waals surface area contributed by atoms with Crippen LogP contribution < -0.4 is 0 Å². The van der Waals surface area contributed by atoms with Gasteiger partial charge in [0.1, 0.15) is 5.78 Å². The first-order chi connectivity index (χ1) is 8.75. The number of piperidine rings is 1. The van der Waals surface area contributed by atoms with Crippen LogP contribution in [0, 0.1) is 5.92 Å². The summed E-state index contributed by atoms with van der Waals surface area (Å²) in [6, 6.07) is 10.4. The van der Waals surface area contributed by atoms with E-state index >= 15 is 0 Å². The van der Waals surface area contributed by atoms with Gasteiger partial charge in [-0.3, -0.25) is 9.69 Å². The molecule has 96 valence electrons. The number of benzene rings is 1. The second kappa shape index (κ2) is 6.50. The summed E-state index contributed by atoms with van der Waals surface area (Å²) in [6.45, 7) is 4.79. The summed E-state index contributed by atoms with van der Waals surface area (Å²) in [5, 5.41) is 0. The van der Waals surface area contributed by atoms with Crippen LogP contribution in [0.5, 0.6) is 0 Å². The molecule has 1 aromatic rings. The molecule has 2 heteroatoms. The fourth-order valence-corrected chi connectivity index (χ4v) is 2.42. The fourth-order valence-electron chi connectivity index (χ4n) is 2.42. The lowest BCUT2D eigenvalue weighted by Gasteiger charge is -2.29. The van der Waals surface area contributed by atoms with Gasteiger partial charge < -0.3 is 0 Å². The summed E-state index contributed by atoms with van der Waals surface area (Å²) in [6.07, 6.45) is 6.42. The van der Waals surface area contributed by atoms with Crippen LogP contribution in [0.3, 0.4) is 0 Å². The van der Waals surface area contributed by atoms with E-state index in [0.717, 1.165) is 32.5 Å². The van der Waals surface area contributed by atoms with Crippen LogP contribution in [0.4, 0.5) is 0 Å². The van der Waals surface area contributed by atoms with Gasteiger partial charge in [0.25, 0.3) is 0 Å². The van der Waals surface area contributed by atoms with Gasteiger partial charge in [0.05, 0.1) is 0 Å². The minimum Gasteiger partial charge on any atom is -0.300 e. The molecule has 18 heavy (non-hydrogen) atoms. The maximum absolute atomic E-state index is 11.3. The largest absolute Gasteiger partial charge is 0.300 e. The van der Waals surface area contributed by atoms with Crippen LogP contribution in [-0.2, 0) is 4.79 Å². The third kappa shape index (κ3) is 3.81. The summed E-state index contributed by atoms with van der Waals surface area (Å²) < 4.78 is 0. The van der Waals surface area contributed by atoms with E-state index in [1.54, 1.807) is 6.92 Å². The van der Waals surface area contributed by atoms with E-state index in [-0.39, 0.29) is 0 Å². The molecule has 0 atom stereocenters. The number of nitrogens with zero attached hydrogens (tertiary/aromatic N) is 1. The highest BCUT2D eigenvalue weighted by Crippen LogP contribution is 2.17. The molecule has 1 saturated heterocycles. The first-order valence-corrected chi connectivity index (χ1v) is 6.70. The number of carbonyl (C=O) groups excluding carboxylic acids is 1. The molecule has 0 aromatic heterocycles. The maximum Gasteiger partial charge on any atom is 0.133 e. The molecule has 2 nitrogen and oxygen atoms in total. The first-order valence-electron chi connectivity index (χ1n) is 6.70. The standard InChI is InChI=1S/C16H21NO/c1-14(18)16-9-12-17(13-10-16)11-5-8-15-6-3-2-4-7-15/h2-8,16H,9-13H2,1H3. The van der Waals surface area contributed by atoms with Crippen molar-refractivity contribution in [2.45, 2.75) is 19.8 Å². The molecule has 0 amide bonds. The van der Waals surface area contributed by atoms with E-state index in [4.69, 9.17) is 0 Å². The van der Waals surface area contributed by atoms with E-state index in [0.29, 0.717) is 11.7 Å². The Morgan fingerprint density at radius 3 is 2.56 bits per heavy atom. The number of likely N-dealkylation sites (tertiary alicyclic amines) is 1. The highest BCUT2D eigenvalue weighted by Gasteiger charge is 2.21. The normalized spacial score (nSPS) is 18.3. The quantitative estimate of drug-likeness (QED) is 0.810. The number of hydrogen-bond acceptors (Lipinski definition) is 2. The predicted octanol–water partition coefficient (Wildman–Crippen LogP) is 3.00. The fraction of sp³-hybridized carbons (Fsp3) is 0.438. The average molecular weight is 243 g/mol. The molecule has 0 aliphatic carbocycles. The van der Waals surface area contributed by atoms with Gasteiger partial charge in [0, 0.05) is 12.5 Å². The van der Waals surface area contributed by atoms with E-state index in [2.05, 4.69) is 41.3 Å². The molecule has 0 bridgehead atoms. The molecule has 1 aromatic carbocycles. The van der Waals surface area contributed by atoms with E-state index in [1.165, 1.54) is 5.56 Å². The SMILES string of the molecule is CC(=O)C1CCN(CC=Cc2ccccc2)CC1. The van der Waals surface area contributed by atoms with Crippen molar-refractivity contribution in [1.29, 1.82) is 0 Å². The van der Waals surface area contributed by atoms with Crippen LogP contribution in [0.1, 0.15) is 25.3 Å².